The first-order valence-corrected chi connectivity index (χ1v) is 17.2. The molecule has 2 heterocycles. The standard InChI is InChI=1S/C34H57N11O3/c1-6-7-20-39-32-42-29(35)28-30(43-32)45(33(48)41-28)24-25-12-14-26(15-13-25)31(47)40-23-27(46)38-21-10-18-36-16-8-9-17-37-19-11-22-44(5)34(2,3)4/h12-15,36-37H,6-11,16-24H2,1-5H3,(H,38,46)(H,40,47)(H,41,48)(H3,35,39,42,43). The minimum atomic E-state index is -0.343. The van der Waals surface area contributed by atoms with E-state index in [1.54, 1.807) is 28.8 Å². The van der Waals surface area contributed by atoms with Crippen LogP contribution >= 0.6 is 0 Å². The lowest BCUT2D eigenvalue weighted by Gasteiger charge is -2.31. The van der Waals surface area contributed by atoms with Gasteiger partial charge in [-0.25, -0.2) is 0 Å². The van der Waals surface area contributed by atoms with E-state index in [2.05, 4.69) is 81.2 Å². The Kier molecular flexibility index (Phi) is 15.8. The van der Waals surface area contributed by atoms with Crippen molar-refractivity contribution in [2.45, 2.75) is 78.3 Å². The molecule has 0 saturated heterocycles. The predicted molar refractivity (Wildman–Crippen MR) is 192 cm³/mol. The van der Waals surface area contributed by atoms with Crippen molar-refractivity contribution in [2.75, 3.05) is 70.5 Å². The molecule has 2 amide bonds. The Bertz CT molecular complexity index is 1420. The van der Waals surface area contributed by atoms with Crippen LogP contribution in [0.4, 0.5) is 11.8 Å². The fourth-order valence-electron chi connectivity index (χ4n) is 4.85. The second-order valence-corrected chi connectivity index (χ2v) is 13.1. The third kappa shape index (κ3) is 12.9. The van der Waals surface area contributed by atoms with E-state index in [0.29, 0.717) is 35.8 Å². The second-order valence-electron chi connectivity index (χ2n) is 13.1. The first-order chi connectivity index (χ1) is 23.0. The highest BCUT2D eigenvalue weighted by Gasteiger charge is 2.18. The molecule has 0 aliphatic heterocycles. The molecule has 48 heavy (non-hydrogen) atoms. The van der Waals surface area contributed by atoms with Crippen molar-refractivity contribution in [2.24, 2.45) is 0 Å². The number of unbranched alkanes of at least 4 members (excludes halogenated alkanes) is 2. The number of aromatic nitrogens is 4. The summed E-state index contributed by atoms with van der Waals surface area (Å²) in [5, 5.41) is 26.1. The zero-order valence-electron chi connectivity index (χ0n) is 29.5. The van der Waals surface area contributed by atoms with Crippen molar-refractivity contribution < 1.29 is 14.7 Å². The van der Waals surface area contributed by atoms with E-state index >= 15 is 0 Å². The quantitative estimate of drug-likeness (QED) is 0.0781. The van der Waals surface area contributed by atoms with Crippen LogP contribution in [-0.2, 0) is 11.3 Å². The number of anilines is 2. The number of hydrogen-bond donors (Lipinski definition) is 7. The first-order valence-electron chi connectivity index (χ1n) is 17.2. The summed E-state index contributed by atoms with van der Waals surface area (Å²) in [5.74, 6) is -0.0133. The number of aromatic hydroxyl groups is 1. The van der Waals surface area contributed by atoms with E-state index in [1.165, 1.54) is 0 Å². The molecule has 3 rings (SSSR count). The summed E-state index contributed by atoms with van der Waals surface area (Å²) >= 11 is 0. The average Bonchev–Trinajstić information content (AvgIpc) is 3.36. The normalized spacial score (nSPS) is 11.7. The Labute approximate surface area is 285 Å². The molecule has 0 spiro atoms. The van der Waals surface area contributed by atoms with Crippen LogP contribution in [0.3, 0.4) is 0 Å². The number of amides is 2. The third-order valence-electron chi connectivity index (χ3n) is 8.18. The molecule has 0 bridgehead atoms. The van der Waals surface area contributed by atoms with Gasteiger partial charge < -0.3 is 42.3 Å². The third-order valence-corrected chi connectivity index (χ3v) is 8.18. The number of rotatable bonds is 22. The van der Waals surface area contributed by atoms with Gasteiger partial charge in [-0.05, 0) is 110 Å². The van der Waals surface area contributed by atoms with Gasteiger partial charge in [0.05, 0.1) is 13.1 Å². The van der Waals surface area contributed by atoms with Crippen LogP contribution in [0.25, 0.3) is 11.2 Å². The molecule has 0 radical (unpaired) electrons. The Balaban J connectivity index is 1.28. The highest BCUT2D eigenvalue weighted by molar-refractivity contribution is 5.96. The van der Waals surface area contributed by atoms with Crippen LogP contribution in [0, 0.1) is 0 Å². The molecule has 2 aromatic heterocycles. The van der Waals surface area contributed by atoms with Gasteiger partial charge in [0.25, 0.3) is 11.9 Å². The van der Waals surface area contributed by atoms with Crippen molar-refractivity contribution in [3.05, 3.63) is 35.4 Å². The van der Waals surface area contributed by atoms with E-state index in [4.69, 9.17) is 5.73 Å². The molecule has 1 aromatic carbocycles. The lowest BCUT2D eigenvalue weighted by Crippen LogP contribution is -2.39. The molecule has 3 aromatic rings. The van der Waals surface area contributed by atoms with Crippen LogP contribution in [-0.4, -0.2) is 106 Å². The van der Waals surface area contributed by atoms with Crippen molar-refractivity contribution in [3.8, 4) is 6.01 Å². The van der Waals surface area contributed by atoms with Crippen LogP contribution in [0.2, 0.25) is 0 Å². The molecule has 0 fully saturated rings. The number of carbonyl (C=O) groups excluding carboxylic acids is 2. The van der Waals surface area contributed by atoms with Crippen LogP contribution in [0.1, 0.15) is 82.1 Å². The minimum Gasteiger partial charge on any atom is -0.480 e. The maximum atomic E-state index is 12.6. The van der Waals surface area contributed by atoms with E-state index in [9.17, 15) is 14.7 Å². The first kappa shape index (κ1) is 38.4. The SMILES string of the molecule is CCCCNc1nc(N)c2nc(O)n(Cc3ccc(C(=O)NCC(=O)NCCCNCCCCNCCCN(C)C(C)(C)C)cc3)c2n1. The van der Waals surface area contributed by atoms with Crippen LogP contribution < -0.4 is 32.3 Å². The molecular weight excluding hydrogens is 610 g/mol. The van der Waals surface area contributed by atoms with E-state index < -0.39 is 0 Å². The van der Waals surface area contributed by atoms with Crippen molar-refractivity contribution in [3.63, 3.8) is 0 Å². The Hall–Kier alpha value is -4.01. The second kappa shape index (κ2) is 19.7. The van der Waals surface area contributed by atoms with Gasteiger partial charge in [0.2, 0.25) is 11.9 Å². The van der Waals surface area contributed by atoms with E-state index in [-0.39, 0.29) is 42.3 Å². The molecule has 0 atom stereocenters. The van der Waals surface area contributed by atoms with Crippen molar-refractivity contribution in [1.82, 2.24) is 45.7 Å². The number of benzene rings is 1. The molecular formula is C34H57N11O3. The number of hydrogen-bond acceptors (Lipinski definition) is 11. The van der Waals surface area contributed by atoms with Gasteiger partial charge in [-0.3, -0.25) is 14.2 Å². The van der Waals surface area contributed by atoms with Crippen molar-refractivity contribution in [1.29, 1.82) is 0 Å². The highest BCUT2D eigenvalue weighted by atomic mass is 16.3. The van der Waals surface area contributed by atoms with Gasteiger partial charge in [-0.2, -0.15) is 15.0 Å². The summed E-state index contributed by atoms with van der Waals surface area (Å²) in [6.07, 6.45) is 6.20. The molecule has 0 aliphatic carbocycles. The fourth-order valence-corrected chi connectivity index (χ4v) is 4.85. The average molecular weight is 668 g/mol. The lowest BCUT2D eigenvalue weighted by atomic mass is 10.1. The summed E-state index contributed by atoms with van der Waals surface area (Å²) in [7, 11) is 2.17. The highest BCUT2D eigenvalue weighted by Crippen LogP contribution is 2.25. The van der Waals surface area contributed by atoms with Gasteiger partial charge in [-0.15, -0.1) is 0 Å². The lowest BCUT2D eigenvalue weighted by molar-refractivity contribution is -0.120. The van der Waals surface area contributed by atoms with Gasteiger partial charge in [0, 0.05) is 24.2 Å². The Morgan fingerprint density at radius 1 is 0.875 bits per heavy atom. The van der Waals surface area contributed by atoms with Crippen LogP contribution in [0.5, 0.6) is 6.01 Å². The summed E-state index contributed by atoms with van der Waals surface area (Å²) in [4.78, 5) is 40.1. The van der Waals surface area contributed by atoms with Gasteiger partial charge in [0.15, 0.2) is 17.0 Å². The molecule has 14 nitrogen and oxygen atoms in total. The van der Waals surface area contributed by atoms with E-state index in [0.717, 1.165) is 76.8 Å². The summed E-state index contributed by atoms with van der Waals surface area (Å²) in [6, 6.07) is 6.68. The number of nitrogens with two attached hydrogens (primary N) is 1. The maximum absolute atomic E-state index is 12.6. The largest absolute Gasteiger partial charge is 0.480 e. The molecule has 0 saturated carbocycles. The number of nitrogen functional groups attached to an aromatic ring is 1. The zero-order chi connectivity index (χ0) is 34.9. The Morgan fingerprint density at radius 2 is 1.54 bits per heavy atom. The number of nitrogens with zero attached hydrogens (tertiary/aromatic N) is 5. The maximum Gasteiger partial charge on any atom is 0.296 e. The fraction of sp³-hybridized carbons (Fsp3) is 0.618. The van der Waals surface area contributed by atoms with Gasteiger partial charge in [-0.1, -0.05) is 25.5 Å². The zero-order valence-corrected chi connectivity index (χ0v) is 29.5. The number of carbonyl (C=O) groups is 2. The molecule has 0 aliphatic rings. The summed E-state index contributed by atoms with van der Waals surface area (Å²) in [5.41, 5.74) is 8.27. The topological polar surface area (TPSA) is 187 Å². The monoisotopic (exact) mass is 667 g/mol. The number of imidazole rings is 1. The van der Waals surface area contributed by atoms with Gasteiger partial charge >= 0.3 is 0 Å². The molecule has 266 valence electrons. The number of fused-ring (bicyclic) bond motifs is 1. The van der Waals surface area contributed by atoms with Crippen LogP contribution in [0.15, 0.2) is 24.3 Å². The van der Waals surface area contributed by atoms with Crippen molar-refractivity contribution >= 4 is 34.7 Å². The molecule has 8 N–H and O–H groups in total. The summed E-state index contributed by atoms with van der Waals surface area (Å²) < 4.78 is 1.54. The smallest absolute Gasteiger partial charge is 0.296 e. The van der Waals surface area contributed by atoms with E-state index in [1.807, 2.05) is 0 Å². The van der Waals surface area contributed by atoms with Gasteiger partial charge in [0.1, 0.15) is 0 Å². The molecule has 0 unspecified atom stereocenters. The Morgan fingerprint density at radius 3 is 2.21 bits per heavy atom. The predicted octanol–water partition coefficient (Wildman–Crippen LogP) is 2.69. The number of nitrogens with one attached hydrogen (secondary N) is 5. The minimum absolute atomic E-state index is 0.0991. The summed E-state index contributed by atoms with van der Waals surface area (Å²) in [6.45, 7) is 15.2. The molecule has 14 heteroatoms.